The Morgan fingerprint density at radius 1 is 1.26 bits per heavy atom. The van der Waals surface area contributed by atoms with Gasteiger partial charge in [0, 0.05) is 12.1 Å². The van der Waals surface area contributed by atoms with E-state index in [1.807, 2.05) is 13.0 Å². The summed E-state index contributed by atoms with van der Waals surface area (Å²) in [5.41, 5.74) is 1.38. The average Bonchev–Trinajstić information content (AvgIpc) is 2.38. The molecule has 0 fully saturated rings. The number of hydrogen-bond acceptors (Lipinski definition) is 3. The number of nitrogens with one attached hydrogen (secondary N) is 1. The summed E-state index contributed by atoms with van der Waals surface area (Å²) >= 11 is 0. The summed E-state index contributed by atoms with van der Waals surface area (Å²) in [6.45, 7) is 7.29. The maximum atomic E-state index is 11.2. The van der Waals surface area contributed by atoms with Crippen molar-refractivity contribution in [3.63, 3.8) is 0 Å². The van der Waals surface area contributed by atoms with Crippen LogP contribution >= 0.6 is 0 Å². The lowest BCUT2D eigenvalue weighted by molar-refractivity contribution is -0.143. The first kappa shape index (κ1) is 15.7. The van der Waals surface area contributed by atoms with Crippen LogP contribution in [0.1, 0.15) is 39.2 Å². The first-order valence-electron chi connectivity index (χ1n) is 6.98. The molecule has 106 valence electrons. The molecule has 0 heterocycles. The standard InChI is InChI=1S/C16H25NO2/c1-4-19-15(18)11-13-17-16(2,3)12-10-14-8-6-5-7-9-14/h5-9,17H,4,10-13H2,1-3H3. The third-order valence-electron chi connectivity index (χ3n) is 3.12. The molecule has 1 rings (SSSR count). The predicted octanol–water partition coefficient (Wildman–Crippen LogP) is 2.94. The maximum Gasteiger partial charge on any atom is 0.307 e. The van der Waals surface area contributed by atoms with E-state index >= 15 is 0 Å². The van der Waals surface area contributed by atoms with Crippen molar-refractivity contribution in [1.82, 2.24) is 5.32 Å². The zero-order chi connectivity index (χ0) is 14.1. The number of hydrogen-bond donors (Lipinski definition) is 1. The molecule has 3 heteroatoms. The second-order valence-corrected chi connectivity index (χ2v) is 5.35. The molecule has 1 aromatic rings. The quantitative estimate of drug-likeness (QED) is 0.733. The van der Waals surface area contributed by atoms with Gasteiger partial charge >= 0.3 is 5.97 Å². The highest BCUT2D eigenvalue weighted by atomic mass is 16.5. The number of rotatable bonds is 8. The molecule has 1 N–H and O–H groups in total. The van der Waals surface area contributed by atoms with Crippen LogP contribution in [-0.4, -0.2) is 24.7 Å². The molecule has 0 aliphatic rings. The highest BCUT2D eigenvalue weighted by Crippen LogP contribution is 2.13. The van der Waals surface area contributed by atoms with Crippen molar-refractivity contribution in [3.8, 4) is 0 Å². The lowest BCUT2D eigenvalue weighted by Gasteiger charge is -2.26. The minimum atomic E-state index is -0.131. The van der Waals surface area contributed by atoms with Crippen LogP contribution in [0.15, 0.2) is 30.3 Å². The fraction of sp³-hybridized carbons (Fsp3) is 0.562. The van der Waals surface area contributed by atoms with E-state index in [2.05, 4.69) is 43.4 Å². The Hall–Kier alpha value is -1.35. The number of carbonyl (C=O) groups excluding carboxylic acids is 1. The van der Waals surface area contributed by atoms with Gasteiger partial charge in [-0.05, 0) is 39.2 Å². The smallest absolute Gasteiger partial charge is 0.307 e. The van der Waals surface area contributed by atoms with Crippen LogP contribution < -0.4 is 5.32 Å². The van der Waals surface area contributed by atoms with E-state index in [1.54, 1.807) is 0 Å². The summed E-state index contributed by atoms with van der Waals surface area (Å²) in [4.78, 5) is 11.2. The molecular formula is C16H25NO2. The SMILES string of the molecule is CCOC(=O)CCNC(C)(C)CCc1ccccc1. The topological polar surface area (TPSA) is 38.3 Å². The molecule has 0 atom stereocenters. The molecule has 0 unspecified atom stereocenters. The van der Waals surface area contributed by atoms with Gasteiger partial charge in [0.05, 0.1) is 13.0 Å². The van der Waals surface area contributed by atoms with Crippen molar-refractivity contribution in [1.29, 1.82) is 0 Å². The van der Waals surface area contributed by atoms with Crippen LogP contribution in [0.4, 0.5) is 0 Å². The van der Waals surface area contributed by atoms with E-state index in [-0.39, 0.29) is 11.5 Å². The minimum absolute atomic E-state index is 0.0301. The third-order valence-corrected chi connectivity index (χ3v) is 3.12. The molecule has 0 bridgehead atoms. The first-order chi connectivity index (χ1) is 9.03. The van der Waals surface area contributed by atoms with Gasteiger partial charge in [0.15, 0.2) is 0 Å². The maximum absolute atomic E-state index is 11.2. The Balaban J connectivity index is 2.26. The van der Waals surface area contributed by atoms with Crippen LogP contribution in [0, 0.1) is 0 Å². The first-order valence-corrected chi connectivity index (χ1v) is 6.98. The Morgan fingerprint density at radius 3 is 2.58 bits per heavy atom. The van der Waals surface area contributed by atoms with Crippen molar-refractivity contribution < 1.29 is 9.53 Å². The molecule has 3 nitrogen and oxygen atoms in total. The second-order valence-electron chi connectivity index (χ2n) is 5.35. The molecule has 0 aromatic heterocycles. The van der Waals surface area contributed by atoms with Gasteiger partial charge in [-0.2, -0.15) is 0 Å². The Morgan fingerprint density at radius 2 is 1.95 bits per heavy atom. The van der Waals surface area contributed by atoms with E-state index in [0.29, 0.717) is 19.6 Å². The molecule has 0 radical (unpaired) electrons. The number of ether oxygens (including phenoxy) is 1. The van der Waals surface area contributed by atoms with E-state index in [9.17, 15) is 4.79 Å². The highest BCUT2D eigenvalue weighted by Gasteiger charge is 2.17. The zero-order valence-corrected chi connectivity index (χ0v) is 12.2. The number of benzene rings is 1. The van der Waals surface area contributed by atoms with Crippen molar-refractivity contribution in [2.45, 2.75) is 45.6 Å². The number of carbonyl (C=O) groups is 1. The van der Waals surface area contributed by atoms with Gasteiger partial charge < -0.3 is 10.1 Å². The highest BCUT2D eigenvalue weighted by molar-refractivity contribution is 5.69. The van der Waals surface area contributed by atoms with Gasteiger partial charge in [0.1, 0.15) is 0 Å². The fourth-order valence-corrected chi connectivity index (χ4v) is 1.93. The Kier molecular flexibility index (Phi) is 6.57. The predicted molar refractivity (Wildman–Crippen MR) is 78.1 cm³/mol. The number of aryl methyl sites for hydroxylation is 1. The van der Waals surface area contributed by atoms with Crippen LogP contribution in [0.3, 0.4) is 0 Å². The number of esters is 1. The van der Waals surface area contributed by atoms with Crippen molar-refractivity contribution in [2.75, 3.05) is 13.2 Å². The summed E-state index contributed by atoms with van der Waals surface area (Å²) in [6.07, 6.45) is 2.52. The van der Waals surface area contributed by atoms with Crippen molar-refractivity contribution in [3.05, 3.63) is 35.9 Å². The van der Waals surface area contributed by atoms with Gasteiger partial charge in [-0.15, -0.1) is 0 Å². The summed E-state index contributed by atoms with van der Waals surface area (Å²) in [7, 11) is 0. The van der Waals surface area contributed by atoms with E-state index in [4.69, 9.17) is 4.74 Å². The van der Waals surface area contributed by atoms with Crippen LogP contribution in [-0.2, 0) is 16.0 Å². The monoisotopic (exact) mass is 263 g/mol. The van der Waals surface area contributed by atoms with E-state index in [1.165, 1.54) is 5.56 Å². The second kappa shape index (κ2) is 7.95. The van der Waals surface area contributed by atoms with Crippen LogP contribution in [0.25, 0.3) is 0 Å². The molecule has 0 aliphatic heterocycles. The summed E-state index contributed by atoms with van der Waals surface area (Å²) in [6, 6.07) is 10.5. The normalized spacial score (nSPS) is 11.3. The van der Waals surface area contributed by atoms with Gasteiger partial charge in [-0.3, -0.25) is 4.79 Å². The summed E-state index contributed by atoms with van der Waals surface area (Å²) in [5, 5.41) is 3.42. The van der Waals surface area contributed by atoms with Crippen molar-refractivity contribution >= 4 is 5.97 Å². The van der Waals surface area contributed by atoms with E-state index in [0.717, 1.165) is 12.8 Å². The third kappa shape index (κ3) is 6.97. The molecule has 0 amide bonds. The zero-order valence-electron chi connectivity index (χ0n) is 12.2. The fourth-order valence-electron chi connectivity index (χ4n) is 1.93. The lowest BCUT2D eigenvalue weighted by Crippen LogP contribution is -2.40. The van der Waals surface area contributed by atoms with Gasteiger partial charge in [-0.1, -0.05) is 30.3 Å². The van der Waals surface area contributed by atoms with Crippen molar-refractivity contribution in [2.24, 2.45) is 0 Å². The van der Waals surface area contributed by atoms with Gasteiger partial charge in [-0.25, -0.2) is 0 Å². The molecule has 1 aromatic carbocycles. The molecule has 0 aliphatic carbocycles. The van der Waals surface area contributed by atoms with Crippen LogP contribution in [0.5, 0.6) is 0 Å². The molecule has 19 heavy (non-hydrogen) atoms. The van der Waals surface area contributed by atoms with E-state index < -0.39 is 0 Å². The largest absolute Gasteiger partial charge is 0.466 e. The Bertz CT molecular complexity index is 374. The molecular weight excluding hydrogens is 238 g/mol. The Labute approximate surface area is 116 Å². The lowest BCUT2D eigenvalue weighted by atomic mass is 9.95. The molecule has 0 spiro atoms. The van der Waals surface area contributed by atoms with Gasteiger partial charge in [0.2, 0.25) is 0 Å². The molecule has 0 saturated heterocycles. The summed E-state index contributed by atoms with van der Waals surface area (Å²) < 4.78 is 4.91. The average molecular weight is 263 g/mol. The molecule has 0 saturated carbocycles. The van der Waals surface area contributed by atoms with Crippen LogP contribution in [0.2, 0.25) is 0 Å². The van der Waals surface area contributed by atoms with Gasteiger partial charge in [0.25, 0.3) is 0 Å². The summed E-state index contributed by atoms with van der Waals surface area (Å²) in [5.74, 6) is -0.131. The minimum Gasteiger partial charge on any atom is -0.466 e.